The van der Waals surface area contributed by atoms with E-state index in [0.29, 0.717) is 27.6 Å². The molecule has 1 fully saturated rings. The number of rotatable bonds is 6. The smallest absolute Gasteiger partial charge is 0.294 e. The van der Waals surface area contributed by atoms with Gasteiger partial charge < -0.3 is 25.3 Å². The van der Waals surface area contributed by atoms with Gasteiger partial charge >= 0.3 is 0 Å². The van der Waals surface area contributed by atoms with E-state index in [1.165, 1.54) is 11.1 Å². The first-order valence-electron chi connectivity index (χ1n) is 11.5. The van der Waals surface area contributed by atoms with Gasteiger partial charge in [-0.15, -0.1) is 0 Å². The maximum absolute atomic E-state index is 13.2. The number of furan rings is 1. The number of carbonyl (C=O) groups excluding carboxylic acids is 3. The number of nitrogens with one attached hydrogen (secondary N) is 3. The Morgan fingerprint density at radius 2 is 1.80 bits per heavy atom. The van der Waals surface area contributed by atoms with E-state index in [1.807, 2.05) is 7.05 Å². The van der Waals surface area contributed by atoms with Gasteiger partial charge in [-0.25, -0.2) is 4.98 Å². The summed E-state index contributed by atoms with van der Waals surface area (Å²) in [6.45, 7) is 0. The Bertz CT molecular complexity index is 1250. The van der Waals surface area contributed by atoms with E-state index in [9.17, 15) is 14.4 Å². The second-order valence-corrected chi connectivity index (χ2v) is 9.30. The minimum Gasteiger partial charge on any atom is -0.449 e. The molecule has 2 aromatic heterocycles. The van der Waals surface area contributed by atoms with E-state index in [0.717, 1.165) is 25.7 Å². The number of fused-ring (bicyclic) bond motifs is 1. The second-order valence-electron chi connectivity index (χ2n) is 8.86. The molecule has 35 heavy (non-hydrogen) atoms. The van der Waals surface area contributed by atoms with Gasteiger partial charge in [0.2, 0.25) is 11.7 Å². The predicted molar refractivity (Wildman–Crippen MR) is 135 cm³/mol. The molecule has 1 aliphatic rings. The quantitative estimate of drug-likeness (QED) is 0.471. The molecule has 3 aromatic rings. The third kappa shape index (κ3) is 5.47. The number of pyridine rings is 1. The average Bonchev–Trinajstić information content (AvgIpc) is 3.22. The Morgan fingerprint density at radius 3 is 2.43 bits per heavy atom. The number of carbonyl (C=O) groups is 3. The first-order valence-corrected chi connectivity index (χ1v) is 11.8. The van der Waals surface area contributed by atoms with Crippen molar-refractivity contribution in [2.24, 2.45) is 5.92 Å². The van der Waals surface area contributed by atoms with Crippen molar-refractivity contribution in [3.8, 4) is 0 Å². The molecule has 2 heterocycles. The van der Waals surface area contributed by atoms with Crippen LogP contribution in [0, 0.1) is 5.92 Å². The number of benzene rings is 1. The van der Waals surface area contributed by atoms with Crippen molar-refractivity contribution in [3.63, 3.8) is 0 Å². The van der Waals surface area contributed by atoms with Crippen LogP contribution in [0.2, 0.25) is 5.02 Å². The predicted octanol–water partition coefficient (Wildman–Crippen LogP) is 4.15. The van der Waals surface area contributed by atoms with Crippen LogP contribution in [0.15, 0.2) is 40.9 Å². The van der Waals surface area contributed by atoms with Crippen LogP contribution in [0.25, 0.3) is 11.0 Å². The van der Waals surface area contributed by atoms with Crippen molar-refractivity contribution in [2.75, 3.05) is 31.8 Å². The molecule has 0 radical (unpaired) electrons. The average molecular weight is 498 g/mol. The topological polar surface area (TPSA) is 117 Å². The van der Waals surface area contributed by atoms with Gasteiger partial charge in [-0.05, 0) is 63.1 Å². The Hall–Kier alpha value is -3.43. The highest BCUT2D eigenvalue weighted by Gasteiger charge is 2.29. The van der Waals surface area contributed by atoms with Gasteiger partial charge in [0.05, 0.1) is 5.02 Å². The van der Waals surface area contributed by atoms with Crippen LogP contribution < -0.4 is 16.0 Å². The van der Waals surface area contributed by atoms with Crippen LogP contribution in [0.3, 0.4) is 0 Å². The Morgan fingerprint density at radius 1 is 1.06 bits per heavy atom. The van der Waals surface area contributed by atoms with E-state index in [1.54, 1.807) is 44.4 Å². The number of anilines is 2. The summed E-state index contributed by atoms with van der Waals surface area (Å²) in [7, 11) is 5.24. The second kappa shape index (κ2) is 10.5. The Balaban J connectivity index is 1.68. The molecule has 3 amide bonds. The molecule has 184 valence electrons. The lowest BCUT2D eigenvalue weighted by molar-refractivity contribution is -0.120. The molecular formula is C25H28ClN5O4. The SMILES string of the molecule is CNC1CCC(C(=O)Nc2c(C(=O)Nc3ccc(Cl)cn3)oc3ccc(C(=O)N(C)C)cc23)CC1. The largest absolute Gasteiger partial charge is 0.449 e. The van der Waals surface area contributed by atoms with E-state index >= 15 is 0 Å². The van der Waals surface area contributed by atoms with Crippen molar-refractivity contribution in [3.05, 3.63) is 52.9 Å². The van der Waals surface area contributed by atoms with Gasteiger partial charge in [0.1, 0.15) is 17.1 Å². The third-order valence-corrected chi connectivity index (χ3v) is 6.49. The number of halogens is 1. The number of hydrogen-bond donors (Lipinski definition) is 3. The number of hydrogen-bond acceptors (Lipinski definition) is 6. The normalized spacial score (nSPS) is 17.7. The molecule has 1 aliphatic carbocycles. The summed E-state index contributed by atoms with van der Waals surface area (Å²) in [6, 6.07) is 8.45. The molecule has 0 unspecified atom stereocenters. The van der Waals surface area contributed by atoms with E-state index < -0.39 is 5.91 Å². The molecule has 4 rings (SSSR count). The first-order chi connectivity index (χ1) is 16.8. The van der Waals surface area contributed by atoms with Gasteiger partial charge in [0, 0.05) is 43.2 Å². The first kappa shape index (κ1) is 24.7. The highest BCUT2D eigenvalue weighted by molar-refractivity contribution is 6.30. The minimum atomic E-state index is -0.578. The molecule has 9 nitrogen and oxygen atoms in total. The number of amides is 3. The molecule has 0 atom stereocenters. The fraction of sp³-hybridized carbons (Fsp3) is 0.360. The molecule has 0 aliphatic heterocycles. The summed E-state index contributed by atoms with van der Waals surface area (Å²) < 4.78 is 5.86. The summed E-state index contributed by atoms with van der Waals surface area (Å²) in [4.78, 5) is 44.4. The molecule has 1 aromatic carbocycles. The lowest BCUT2D eigenvalue weighted by Crippen LogP contribution is -2.34. The van der Waals surface area contributed by atoms with Crippen LogP contribution in [0.5, 0.6) is 0 Å². The molecule has 0 saturated heterocycles. The van der Waals surface area contributed by atoms with E-state index in [4.69, 9.17) is 16.0 Å². The fourth-order valence-electron chi connectivity index (χ4n) is 4.27. The highest BCUT2D eigenvalue weighted by Crippen LogP contribution is 2.34. The van der Waals surface area contributed by atoms with Gasteiger partial charge in [0.15, 0.2) is 0 Å². The lowest BCUT2D eigenvalue weighted by Gasteiger charge is -2.27. The molecule has 0 spiro atoms. The maximum Gasteiger partial charge on any atom is 0.294 e. The fourth-order valence-corrected chi connectivity index (χ4v) is 4.38. The van der Waals surface area contributed by atoms with Crippen LogP contribution in [-0.4, -0.2) is 54.8 Å². The third-order valence-electron chi connectivity index (χ3n) is 6.27. The minimum absolute atomic E-state index is 0.0662. The van der Waals surface area contributed by atoms with Crippen molar-refractivity contribution in [2.45, 2.75) is 31.7 Å². The molecule has 10 heteroatoms. The molecule has 1 saturated carbocycles. The van der Waals surface area contributed by atoms with E-state index in [2.05, 4.69) is 20.9 Å². The summed E-state index contributed by atoms with van der Waals surface area (Å²) in [5, 5.41) is 9.77. The van der Waals surface area contributed by atoms with Crippen LogP contribution in [-0.2, 0) is 4.79 Å². The van der Waals surface area contributed by atoms with E-state index in [-0.39, 0.29) is 35.0 Å². The Kier molecular flexibility index (Phi) is 7.37. The van der Waals surface area contributed by atoms with Crippen LogP contribution in [0.1, 0.15) is 46.6 Å². The summed E-state index contributed by atoms with van der Waals surface area (Å²) in [5.74, 6) is -0.914. The number of nitrogens with zero attached hydrogens (tertiary/aromatic N) is 2. The zero-order valence-electron chi connectivity index (χ0n) is 19.9. The maximum atomic E-state index is 13.2. The van der Waals surface area contributed by atoms with Crippen LogP contribution in [0.4, 0.5) is 11.5 Å². The van der Waals surface area contributed by atoms with Crippen molar-refractivity contribution >= 4 is 51.8 Å². The molecule has 3 N–H and O–H groups in total. The zero-order valence-corrected chi connectivity index (χ0v) is 20.6. The van der Waals surface area contributed by atoms with Crippen molar-refractivity contribution < 1.29 is 18.8 Å². The standard InChI is InChI=1S/C25H28ClN5O4/c1-27-17-8-4-14(5-9-17)23(32)30-21-18-12-15(25(34)31(2)3)6-10-19(18)35-22(21)24(33)29-20-11-7-16(26)13-28-20/h6-7,10-14,17,27H,4-5,8-9H2,1-3H3,(H,30,32)(H,28,29,33). The summed E-state index contributed by atoms with van der Waals surface area (Å²) in [5.41, 5.74) is 1.03. The van der Waals surface area contributed by atoms with Gasteiger partial charge in [0.25, 0.3) is 11.8 Å². The van der Waals surface area contributed by atoms with Gasteiger partial charge in [-0.1, -0.05) is 11.6 Å². The van der Waals surface area contributed by atoms with Gasteiger partial charge in [-0.2, -0.15) is 0 Å². The van der Waals surface area contributed by atoms with Crippen molar-refractivity contribution in [1.29, 1.82) is 0 Å². The molecular weight excluding hydrogens is 470 g/mol. The monoisotopic (exact) mass is 497 g/mol. The summed E-state index contributed by atoms with van der Waals surface area (Å²) in [6.07, 6.45) is 4.70. The highest BCUT2D eigenvalue weighted by atomic mass is 35.5. The number of aromatic nitrogens is 1. The van der Waals surface area contributed by atoms with Crippen molar-refractivity contribution in [1.82, 2.24) is 15.2 Å². The van der Waals surface area contributed by atoms with Crippen LogP contribution >= 0.6 is 11.6 Å². The molecule has 0 bridgehead atoms. The van der Waals surface area contributed by atoms with Gasteiger partial charge in [-0.3, -0.25) is 14.4 Å². The Labute approximate surface area is 208 Å². The lowest BCUT2D eigenvalue weighted by atomic mass is 9.85. The zero-order chi connectivity index (χ0) is 25.1. The summed E-state index contributed by atoms with van der Waals surface area (Å²) >= 11 is 5.88.